The second kappa shape index (κ2) is 8.63. The monoisotopic (exact) mass is 401 g/mol. The Bertz CT molecular complexity index is 952. The summed E-state index contributed by atoms with van der Waals surface area (Å²) < 4.78 is 2.93. The van der Waals surface area contributed by atoms with E-state index in [1.807, 2.05) is 24.3 Å². The molecular formula is C20H23N3O2S2. The minimum atomic E-state index is 0.130. The van der Waals surface area contributed by atoms with Crippen LogP contribution in [0.1, 0.15) is 25.2 Å². The lowest BCUT2D eigenvalue weighted by molar-refractivity contribution is 0.452. The zero-order chi connectivity index (χ0) is 19.4. The van der Waals surface area contributed by atoms with Gasteiger partial charge in [-0.05, 0) is 44.2 Å². The second-order valence-corrected chi connectivity index (χ2v) is 7.75. The van der Waals surface area contributed by atoms with Crippen LogP contribution in [0.25, 0.3) is 11.0 Å². The average molecular weight is 402 g/mol. The Morgan fingerprint density at radius 2 is 1.89 bits per heavy atom. The third-order valence-corrected chi connectivity index (χ3v) is 5.99. The molecule has 0 saturated carbocycles. The number of imidazole rings is 1. The highest BCUT2D eigenvalue weighted by Gasteiger charge is 2.15. The molecule has 0 saturated heterocycles. The van der Waals surface area contributed by atoms with Crippen LogP contribution in [0.2, 0.25) is 0 Å². The number of rotatable bonds is 6. The van der Waals surface area contributed by atoms with E-state index in [2.05, 4.69) is 23.3 Å². The van der Waals surface area contributed by atoms with Gasteiger partial charge in [-0.3, -0.25) is 0 Å². The summed E-state index contributed by atoms with van der Waals surface area (Å²) in [6, 6.07) is 12.5. The zero-order valence-electron chi connectivity index (χ0n) is 15.4. The van der Waals surface area contributed by atoms with Crippen LogP contribution in [0, 0.1) is 0 Å². The molecule has 0 fully saturated rings. The number of nitrogens with zero attached hydrogens (tertiary/aromatic N) is 3. The molecule has 142 valence electrons. The minimum absolute atomic E-state index is 0.130. The third kappa shape index (κ3) is 4.36. The van der Waals surface area contributed by atoms with E-state index in [1.54, 1.807) is 17.8 Å². The molecular weight excluding hydrogens is 378 g/mol. The van der Waals surface area contributed by atoms with Gasteiger partial charge in [0.15, 0.2) is 0 Å². The molecule has 0 spiro atoms. The smallest absolute Gasteiger partial charge is 0.136 e. The maximum Gasteiger partial charge on any atom is 0.136 e. The van der Waals surface area contributed by atoms with E-state index >= 15 is 0 Å². The van der Waals surface area contributed by atoms with Gasteiger partial charge in [0.25, 0.3) is 0 Å². The first-order chi connectivity index (χ1) is 13.0. The van der Waals surface area contributed by atoms with Gasteiger partial charge in [0.2, 0.25) is 0 Å². The molecule has 5 nitrogen and oxygen atoms in total. The standard InChI is InChI=1S/C20H23N3O2S2/c1-3-22(4-2)20(26)27-13-19-21-16-7-5-6-8-17(16)23(19)12-14-11-15(24)9-10-18(14)25/h5-11,24-25H,3-4,12-13H2,1-2H3. The summed E-state index contributed by atoms with van der Waals surface area (Å²) >= 11 is 7.14. The molecule has 0 amide bonds. The van der Waals surface area contributed by atoms with Gasteiger partial charge in [-0.15, -0.1) is 0 Å². The molecule has 3 rings (SSSR count). The van der Waals surface area contributed by atoms with Crippen molar-refractivity contribution in [2.24, 2.45) is 0 Å². The van der Waals surface area contributed by atoms with Crippen LogP contribution in [0.5, 0.6) is 11.5 Å². The van der Waals surface area contributed by atoms with Crippen molar-refractivity contribution in [3.63, 3.8) is 0 Å². The Labute approximate surface area is 168 Å². The highest BCUT2D eigenvalue weighted by molar-refractivity contribution is 8.22. The molecule has 0 aliphatic heterocycles. The van der Waals surface area contributed by atoms with Gasteiger partial charge in [-0.2, -0.15) is 0 Å². The normalized spacial score (nSPS) is 11.0. The fourth-order valence-corrected chi connectivity index (χ4v) is 4.33. The number of hydrogen-bond acceptors (Lipinski definition) is 5. The first-order valence-electron chi connectivity index (χ1n) is 8.90. The highest BCUT2D eigenvalue weighted by atomic mass is 32.2. The fourth-order valence-electron chi connectivity index (χ4n) is 2.98. The van der Waals surface area contributed by atoms with E-state index in [1.165, 1.54) is 12.1 Å². The number of phenols is 2. The Hall–Kier alpha value is -2.25. The molecule has 0 radical (unpaired) electrons. The maximum absolute atomic E-state index is 10.2. The Kier molecular flexibility index (Phi) is 6.23. The van der Waals surface area contributed by atoms with Crippen molar-refractivity contribution in [3.8, 4) is 11.5 Å². The summed E-state index contributed by atoms with van der Waals surface area (Å²) in [6.07, 6.45) is 0. The number of hydrogen-bond donors (Lipinski definition) is 2. The minimum Gasteiger partial charge on any atom is -0.508 e. The summed E-state index contributed by atoms with van der Waals surface area (Å²) in [4.78, 5) is 6.91. The number of phenolic OH excluding ortho intramolecular Hbond substituents is 2. The van der Waals surface area contributed by atoms with E-state index in [-0.39, 0.29) is 11.5 Å². The first kappa shape index (κ1) is 19.5. The quantitative estimate of drug-likeness (QED) is 0.473. The van der Waals surface area contributed by atoms with Crippen LogP contribution < -0.4 is 0 Å². The van der Waals surface area contributed by atoms with Gasteiger partial charge in [0.1, 0.15) is 21.6 Å². The molecule has 1 heterocycles. The van der Waals surface area contributed by atoms with E-state index < -0.39 is 0 Å². The van der Waals surface area contributed by atoms with Crippen molar-refractivity contribution in [2.75, 3.05) is 13.1 Å². The SMILES string of the molecule is CCN(CC)C(=S)SCc1nc2ccccc2n1Cc1cc(O)ccc1O. The van der Waals surface area contributed by atoms with Crippen molar-refractivity contribution in [1.29, 1.82) is 0 Å². The lowest BCUT2D eigenvalue weighted by Gasteiger charge is -2.20. The molecule has 2 aromatic carbocycles. The Balaban J connectivity index is 1.92. The van der Waals surface area contributed by atoms with Crippen molar-refractivity contribution in [2.45, 2.75) is 26.1 Å². The molecule has 0 unspecified atom stereocenters. The van der Waals surface area contributed by atoms with E-state index in [4.69, 9.17) is 17.2 Å². The molecule has 27 heavy (non-hydrogen) atoms. The zero-order valence-corrected chi connectivity index (χ0v) is 17.1. The topological polar surface area (TPSA) is 61.5 Å². The van der Waals surface area contributed by atoms with Gasteiger partial charge < -0.3 is 19.7 Å². The van der Waals surface area contributed by atoms with Crippen LogP contribution in [0.3, 0.4) is 0 Å². The van der Waals surface area contributed by atoms with Crippen LogP contribution in [-0.2, 0) is 12.3 Å². The molecule has 1 aromatic heterocycles. The predicted octanol–water partition coefficient (Wildman–Crippen LogP) is 4.36. The molecule has 7 heteroatoms. The van der Waals surface area contributed by atoms with Gasteiger partial charge in [-0.1, -0.05) is 36.1 Å². The van der Waals surface area contributed by atoms with Gasteiger partial charge in [-0.25, -0.2) is 4.98 Å². The molecule has 3 aromatic rings. The van der Waals surface area contributed by atoms with E-state index in [9.17, 15) is 10.2 Å². The number of benzene rings is 2. The van der Waals surface area contributed by atoms with E-state index in [0.717, 1.165) is 34.3 Å². The second-order valence-electron chi connectivity index (χ2n) is 6.14. The summed E-state index contributed by atoms with van der Waals surface area (Å²) in [5.74, 6) is 1.82. The van der Waals surface area contributed by atoms with Crippen LogP contribution in [0.15, 0.2) is 42.5 Å². The Morgan fingerprint density at radius 3 is 2.63 bits per heavy atom. The lowest BCUT2D eigenvalue weighted by atomic mass is 10.2. The number of aromatic nitrogens is 2. The average Bonchev–Trinajstić information content (AvgIpc) is 3.01. The van der Waals surface area contributed by atoms with Crippen molar-refractivity contribution in [1.82, 2.24) is 14.5 Å². The van der Waals surface area contributed by atoms with E-state index in [0.29, 0.717) is 17.9 Å². The number of aromatic hydroxyl groups is 2. The summed E-state index contributed by atoms with van der Waals surface area (Å²) in [5, 5.41) is 20.0. The summed E-state index contributed by atoms with van der Waals surface area (Å²) in [5.41, 5.74) is 2.54. The number of thioether (sulfide) groups is 1. The van der Waals surface area contributed by atoms with Gasteiger partial charge in [0, 0.05) is 18.7 Å². The highest BCUT2D eigenvalue weighted by Crippen LogP contribution is 2.27. The largest absolute Gasteiger partial charge is 0.508 e. The molecule has 0 bridgehead atoms. The third-order valence-electron chi connectivity index (χ3n) is 4.47. The van der Waals surface area contributed by atoms with Crippen LogP contribution >= 0.6 is 24.0 Å². The molecule has 0 aliphatic carbocycles. The van der Waals surface area contributed by atoms with Crippen LogP contribution in [-0.4, -0.2) is 42.1 Å². The molecule has 0 atom stereocenters. The van der Waals surface area contributed by atoms with Crippen molar-refractivity contribution in [3.05, 3.63) is 53.9 Å². The fraction of sp³-hybridized carbons (Fsp3) is 0.300. The summed E-state index contributed by atoms with van der Waals surface area (Å²) in [7, 11) is 0. The Morgan fingerprint density at radius 1 is 1.15 bits per heavy atom. The summed E-state index contributed by atoms with van der Waals surface area (Å²) in [6.45, 7) is 6.38. The van der Waals surface area contributed by atoms with Crippen molar-refractivity contribution >= 4 is 39.3 Å². The van der Waals surface area contributed by atoms with Crippen LogP contribution in [0.4, 0.5) is 0 Å². The number of para-hydroxylation sites is 2. The lowest BCUT2D eigenvalue weighted by Crippen LogP contribution is -2.26. The number of thiocarbonyl (C=S) groups is 1. The van der Waals surface area contributed by atoms with Crippen molar-refractivity contribution < 1.29 is 10.2 Å². The molecule has 2 N–H and O–H groups in total. The molecule has 0 aliphatic rings. The van der Waals surface area contributed by atoms with Gasteiger partial charge >= 0.3 is 0 Å². The van der Waals surface area contributed by atoms with Gasteiger partial charge in [0.05, 0.1) is 23.3 Å². The number of fused-ring (bicyclic) bond motifs is 1. The first-order valence-corrected chi connectivity index (χ1v) is 10.3. The maximum atomic E-state index is 10.2. The predicted molar refractivity (Wildman–Crippen MR) is 115 cm³/mol.